The van der Waals surface area contributed by atoms with E-state index in [1.165, 1.54) is 9.78 Å². The molecule has 0 aliphatic carbocycles. The number of nitrogens with one attached hydrogen (secondary N) is 2. The first-order chi connectivity index (χ1) is 13.9. The molecule has 0 radical (unpaired) electrons. The number of nitrogens with zero attached hydrogens (tertiary/aromatic N) is 3. The lowest BCUT2D eigenvalue weighted by Gasteiger charge is -2.12. The smallest absolute Gasteiger partial charge is 0.259 e. The predicted octanol–water partition coefficient (Wildman–Crippen LogP) is 2.52. The van der Waals surface area contributed by atoms with Gasteiger partial charge in [0.15, 0.2) is 12.6 Å². The van der Waals surface area contributed by atoms with Gasteiger partial charge in [0.1, 0.15) is 5.75 Å². The van der Waals surface area contributed by atoms with Crippen LogP contribution >= 0.6 is 11.3 Å². The van der Waals surface area contributed by atoms with Gasteiger partial charge >= 0.3 is 0 Å². The average Bonchev–Trinajstić information content (AvgIpc) is 3.01. The maximum Gasteiger partial charge on any atom is 0.259 e. The second kappa shape index (κ2) is 11.4. The molecule has 0 aliphatic rings. The molecule has 0 saturated heterocycles. The maximum absolute atomic E-state index is 11.7. The molecule has 29 heavy (non-hydrogen) atoms. The monoisotopic (exact) mass is 417 g/mol. The number of amides is 1. The van der Waals surface area contributed by atoms with Crippen LogP contribution in [0, 0.1) is 13.8 Å². The number of aliphatic imine (C=N–C) groups is 1. The molecule has 1 aromatic heterocycles. The average molecular weight is 418 g/mol. The molecular weight excluding hydrogens is 386 g/mol. The summed E-state index contributed by atoms with van der Waals surface area (Å²) in [5.74, 6) is 1.37. The van der Waals surface area contributed by atoms with E-state index in [0.717, 1.165) is 41.7 Å². The minimum Gasteiger partial charge on any atom is -0.484 e. The summed E-state index contributed by atoms with van der Waals surface area (Å²) in [6.45, 7) is 8.29. The minimum absolute atomic E-state index is 0.0274. The van der Waals surface area contributed by atoms with Crippen molar-refractivity contribution in [1.29, 1.82) is 0 Å². The third kappa shape index (κ3) is 7.73. The van der Waals surface area contributed by atoms with E-state index in [2.05, 4.69) is 27.5 Å². The first-order valence-electron chi connectivity index (χ1n) is 9.76. The molecule has 0 unspecified atom stereocenters. The van der Waals surface area contributed by atoms with Gasteiger partial charge in [0.25, 0.3) is 5.91 Å². The SMILES string of the molecule is CCNC(=NCc1cccc(OCC(=O)N(C)C)c1)NCCc1nc(C)c(C)s1. The summed E-state index contributed by atoms with van der Waals surface area (Å²) < 4.78 is 5.57. The normalized spacial score (nSPS) is 11.3. The number of thiazole rings is 1. The van der Waals surface area contributed by atoms with Crippen LogP contribution in [0.2, 0.25) is 0 Å². The van der Waals surface area contributed by atoms with Gasteiger partial charge in [-0.3, -0.25) is 4.79 Å². The molecular formula is C21H31N5O2S. The lowest BCUT2D eigenvalue weighted by atomic mass is 10.2. The van der Waals surface area contributed by atoms with E-state index < -0.39 is 0 Å². The number of carbonyl (C=O) groups excluding carboxylic acids is 1. The van der Waals surface area contributed by atoms with Crippen LogP contribution in [0.1, 0.15) is 28.1 Å². The Kier molecular flexibility index (Phi) is 8.92. The van der Waals surface area contributed by atoms with E-state index in [9.17, 15) is 4.79 Å². The fraction of sp³-hybridized carbons (Fsp3) is 0.476. The topological polar surface area (TPSA) is 78.9 Å². The number of aryl methyl sites for hydroxylation is 2. The van der Waals surface area contributed by atoms with Crippen molar-refractivity contribution in [3.63, 3.8) is 0 Å². The highest BCUT2D eigenvalue weighted by molar-refractivity contribution is 7.11. The second-order valence-corrected chi connectivity index (χ2v) is 8.13. The second-order valence-electron chi connectivity index (χ2n) is 6.85. The molecule has 8 heteroatoms. The molecule has 7 nitrogen and oxygen atoms in total. The summed E-state index contributed by atoms with van der Waals surface area (Å²) in [5, 5.41) is 7.76. The lowest BCUT2D eigenvalue weighted by molar-refractivity contribution is -0.130. The Balaban J connectivity index is 1.89. The van der Waals surface area contributed by atoms with Gasteiger partial charge in [-0.1, -0.05) is 12.1 Å². The first kappa shape index (κ1) is 22.7. The zero-order chi connectivity index (χ0) is 21.2. The Morgan fingerprint density at radius 2 is 2.07 bits per heavy atom. The molecule has 1 aromatic carbocycles. The molecule has 0 spiro atoms. The number of benzene rings is 1. The van der Waals surface area contributed by atoms with Crippen molar-refractivity contribution in [2.75, 3.05) is 33.8 Å². The fourth-order valence-electron chi connectivity index (χ4n) is 2.45. The zero-order valence-corrected chi connectivity index (χ0v) is 18.7. The zero-order valence-electron chi connectivity index (χ0n) is 17.9. The summed E-state index contributed by atoms with van der Waals surface area (Å²) in [5.41, 5.74) is 2.13. The van der Waals surface area contributed by atoms with E-state index in [1.807, 2.05) is 38.1 Å². The minimum atomic E-state index is -0.0716. The number of aromatic nitrogens is 1. The Hall–Kier alpha value is -2.61. The van der Waals surface area contributed by atoms with Gasteiger partial charge in [-0.25, -0.2) is 9.98 Å². The summed E-state index contributed by atoms with van der Waals surface area (Å²) >= 11 is 1.75. The quantitative estimate of drug-likeness (QED) is 0.484. The van der Waals surface area contributed by atoms with Crippen LogP contribution in [0.15, 0.2) is 29.3 Å². The lowest BCUT2D eigenvalue weighted by Crippen LogP contribution is -2.38. The molecule has 158 valence electrons. The van der Waals surface area contributed by atoms with Gasteiger partial charge in [-0.15, -0.1) is 11.3 Å². The van der Waals surface area contributed by atoms with Crippen LogP contribution in [-0.4, -0.2) is 55.5 Å². The van der Waals surface area contributed by atoms with Gasteiger partial charge in [0, 0.05) is 38.5 Å². The van der Waals surface area contributed by atoms with Crippen molar-refractivity contribution in [2.24, 2.45) is 4.99 Å². The standard InChI is InChI=1S/C21H31N5O2S/c1-6-22-21(23-11-10-19-25-15(2)16(3)29-19)24-13-17-8-7-9-18(12-17)28-14-20(27)26(4)5/h7-9,12H,6,10-11,13-14H2,1-5H3,(H2,22,23,24). The largest absolute Gasteiger partial charge is 0.484 e. The van der Waals surface area contributed by atoms with Crippen LogP contribution in [-0.2, 0) is 17.8 Å². The third-order valence-electron chi connectivity index (χ3n) is 4.23. The van der Waals surface area contributed by atoms with Crippen molar-refractivity contribution in [3.8, 4) is 5.75 Å². The molecule has 0 saturated carbocycles. The number of guanidine groups is 1. The summed E-state index contributed by atoms with van der Waals surface area (Å²) in [6, 6.07) is 7.66. The number of hydrogen-bond acceptors (Lipinski definition) is 5. The van der Waals surface area contributed by atoms with Crippen LogP contribution in [0.3, 0.4) is 0 Å². The van der Waals surface area contributed by atoms with Crippen LogP contribution in [0.25, 0.3) is 0 Å². The van der Waals surface area contributed by atoms with Crippen molar-refractivity contribution in [3.05, 3.63) is 45.4 Å². The van der Waals surface area contributed by atoms with Gasteiger partial charge in [0.2, 0.25) is 0 Å². The van der Waals surface area contributed by atoms with E-state index in [-0.39, 0.29) is 12.5 Å². The highest BCUT2D eigenvalue weighted by Crippen LogP contribution is 2.16. The van der Waals surface area contributed by atoms with E-state index in [0.29, 0.717) is 12.3 Å². The number of hydrogen-bond donors (Lipinski definition) is 2. The number of carbonyl (C=O) groups is 1. The molecule has 2 N–H and O–H groups in total. The van der Waals surface area contributed by atoms with E-state index in [4.69, 9.17) is 4.74 Å². The highest BCUT2D eigenvalue weighted by Gasteiger charge is 2.06. The molecule has 2 rings (SSSR count). The highest BCUT2D eigenvalue weighted by atomic mass is 32.1. The molecule has 1 amide bonds. The van der Waals surface area contributed by atoms with Crippen LogP contribution in [0.4, 0.5) is 0 Å². The van der Waals surface area contributed by atoms with Crippen LogP contribution in [0.5, 0.6) is 5.75 Å². The Morgan fingerprint density at radius 1 is 1.28 bits per heavy atom. The van der Waals surface area contributed by atoms with Gasteiger partial charge in [-0.05, 0) is 38.5 Å². The molecule has 0 bridgehead atoms. The molecule has 2 aromatic rings. The molecule has 0 atom stereocenters. The van der Waals surface area contributed by atoms with Gasteiger partial charge < -0.3 is 20.3 Å². The number of ether oxygens (including phenoxy) is 1. The van der Waals surface area contributed by atoms with Crippen molar-refractivity contribution >= 4 is 23.2 Å². The van der Waals surface area contributed by atoms with Gasteiger partial charge in [0.05, 0.1) is 17.2 Å². The Bertz CT molecular complexity index is 813. The Labute approximate surface area is 177 Å². The molecule has 0 aliphatic heterocycles. The summed E-state index contributed by atoms with van der Waals surface area (Å²) in [7, 11) is 3.42. The maximum atomic E-state index is 11.7. The molecule has 0 fully saturated rings. The van der Waals surface area contributed by atoms with Crippen molar-refractivity contribution in [2.45, 2.75) is 33.7 Å². The number of likely N-dealkylation sites (N-methyl/N-ethyl adjacent to an activating group) is 1. The predicted molar refractivity (Wildman–Crippen MR) is 119 cm³/mol. The van der Waals surface area contributed by atoms with Gasteiger partial charge in [-0.2, -0.15) is 0 Å². The number of rotatable bonds is 9. The molecule has 1 heterocycles. The third-order valence-corrected chi connectivity index (χ3v) is 5.36. The fourth-order valence-corrected chi connectivity index (χ4v) is 3.39. The van der Waals surface area contributed by atoms with Crippen LogP contribution < -0.4 is 15.4 Å². The first-order valence-corrected chi connectivity index (χ1v) is 10.6. The van der Waals surface area contributed by atoms with Crippen molar-refractivity contribution in [1.82, 2.24) is 20.5 Å². The Morgan fingerprint density at radius 3 is 2.72 bits per heavy atom. The summed E-state index contributed by atoms with van der Waals surface area (Å²) in [4.78, 5) is 23.7. The van der Waals surface area contributed by atoms with E-state index >= 15 is 0 Å². The van der Waals surface area contributed by atoms with Crippen molar-refractivity contribution < 1.29 is 9.53 Å². The van der Waals surface area contributed by atoms with E-state index in [1.54, 1.807) is 25.4 Å². The summed E-state index contributed by atoms with van der Waals surface area (Å²) in [6.07, 6.45) is 0.868.